The van der Waals surface area contributed by atoms with Crippen LogP contribution in [0.2, 0.25) is 0 Å². The summed E-state index contributed by atoms with van der Waals surface area (Å²) >= 11 is 1.45. The van der Waals surface area contributed by atoms with E-state index in [1.165, 1.54) is 23.8 Å². The summed E-state index contributed by atoms with van der Waals surface area (Å²) in [5.74, 6) is 0.671. The van der Waals surface area contributed by atoms with Crippen LogP contribution >= 0.6 is 11.8 Å². The Balaban J connectivity index is 1.18. The SMILES string of the molecule is COc1ccc2nccc([C@@H](O)[C@H](O)CNCC3CN(c4ccc5c(c4)NC(=O)CS5)C(=O)O3)c2n1. The van der Waals surface area contributed by atoms with Crippen LogP contribution in [0.4, 0.5) is 16.2 Å². The van der Waals surface area contributed by atoms with Gasteiger partial charge in [-0.05, 0) is 30.3 Å². The Morgan fingerprint density at radius 2 is 2.14 bits per heavy atom. The first-order valence-electron chi connectivity index (χ1n) is 11.3. The normalized spacial score (nSPS) is 19.0. The van der Waals surface area contributed by atoms with Crippen LogP contribution in [0.3, 0.4) is 0 Å². The number of thioether (sulfide) groups is 1. The lowest BCUT2D eigenvalue weighted by molar-refractivity contribution is -0.113. The summed E-state index contributed by atoms with van der Waals surface area (Å²) in [6, 6.07) is 10.5. The van der Waals surface area contributed by atoms with Crippen LogP contribution in [0, 0.1) is 0 Å². The Morgan fingerprint density at radius 1 is 1.28 bits per heavy atom. The van der Waals surface area contributed by atoms with Gasteiger partial charge in [0, 0.05) is 41.5 Å². The molecule has 3 aromatic rings. The molecule has 2 aliphatic rings. The van der Waals surface area contributed by atoms with Gasteiger partial charge in [0.15, 0.2) is 0 Å². The van der Waals surface area contributed by atoms with E-state index in [-0.39, 0.29) is 19.0 Å². The Hall–Kier alpha value is -3.45. The molecule has 0 bridgehead atoms. The molecule has 2 aliphatic heterocycles. The Labute approximate surface area is 210 Å². The van der Waals surface area contributed by atoms with Crippen molar-refractivity contribution in [1.29, 1.82) is 0 Å². The molecule has 1 unspecified atom stereocenters. The Morgan fingerprint density at radius 3 is 2.97 bits per heavy atom. The number of cyclic esters (lactones) is 1. The van der Waals surface area contributed by atoms with Crippen molar-refractivity contribution in [2.75, 3.05) is 42.7 Å². The highest BCUT2D eigenvalue weighted by molar-refractivity contribution is 8.00. The summed E-state index contributed by atoms with van der Waals surface area (Å²) in [4.78, 5) is 35.2. The van der Waals surface area contributed by atoms with Crippen molar-refractivity contribution < 1.29 is 29.3 Å². The topological polar surface area (TPSA) is 146 Å². The minimum absolute atomic E-state index is 0.0606. The number of fused-ring (bicyclic) bond motifs is 2. The molecule has 1 fully saturated rings. The van der Waals surface area contributed by atoms with Crippen LogP contribution in [0.5, 0.6) is 5.88 Å². The molecular weight excluding hydrogens is 486 g/mol. The van der Waals surface area contributed by atoms with E-state index >= 15 is 0 Å². The monoisotopic (exact) mass is 511 g/mol. The lowest BCUT2D eigenvalue weighted by atomic mass is 10.0. The van der Waals surface area contributed by atoms with Crippen molar-refractivity contribution in [2.24, 2.45) is 0 Å². The molecule has 1 saturated heterocycles. The number of nitrogens with zero attached hydrogens (tertiary/aromatic N) is 3. The number of benzene rings is 1. The molecule has 5 rings (SSSR count). The predicted octanol–water partition coefficient (Wildman–Crippen LogP) is 1.69. The largest absolute Gasteiger partial charge is 0.481 e. The van der Waals surface area contributed by atoms with Gasteiger partial charge < -0.3 is 30.3 Å². The average molecular weight is 512 g/mol. The number of hydrogen-bond acceptors (Lipinski definition) is 10. The summed E-state index contributed by atoms with van der Waals surface area (Å²) in [5.41, 5.74) is 2.77. The number of hydrogen-bond donors (Lipinski definition) is 4. The molecule has 2 aromatic heterocycles. The zero-order valence-electron chi connectivity index (χ0n) is 19.4. The van der Waals surface area contributed by atoms with Crippen molar-refractivity contribution in [3.8, 4) is 5.88 Å². The van der Waals surface area contributed by atoms with Crippen LogP contribution < -0.4 is 20.3 Å². The third-order valence-corrected chi connectivity index (χ3v) is 7.06. The van der Waals surface area contributed by atoms with Crippen molar-refractivity contribution >= 4 is 46.2 Å². The number of nitrogens with one attached hydrogen (secondary N) is 2. The fourth-order valence-corrected chi connectivity index (χ4v) is 4.96. The van der Waals surface area contributed by atoms with Crippen molar-refractivity contribution in [3.05, 3.63) is 48.2 Å². The number of amides is 2. The van der Waals surface area contributed by atoms with E-state index in [9.17, 15) is 19.8 Å². The van der Waals surface area contributed by atoms with Crippen molar-refractivity contribution in [2.45, 2.75) is 23.2 Å². The lowest BCUT2D eigenvalue weighted by Gasteiger charge is -2.21. The molecule has 0 radical (unpaired) electrons. The second-order valence-electron chi connectivity index (χ2n) is 8.43. The number of aliphatic hydroxyl groups is 2. The van der Waals surface area contributed by atoms with Crippen molar-refractivity contribution in [1.82, 2.24) is 15.3 Å². The first kappa shape index (κ1) is 24.3. The van der Waals surface area contributed by atoms with Gasteiger partial charge in [-0.3, -0.25) is 14.7 Å². The molecule has 0 spiro atoms. The van der Waals surface area contributed by atoms with Gasteiger partial charge >= 0.3 is 6.09 Å². The number of carbonyl (C=O) groups excluding carboxylic acids is 2. The predicted molar refractivity (Wildman–Crippen MR) is 133 cm³/mol. The number of anilines is 2. The highest BCUT2D eigenvalue weighted by atomic mass is 32.2. The summed E-state index contributed by atoms with van der Waals surface area (Å²) in [5, 5.41) is 27.2. The smallest absolute Gasteiger partial charge is 0.414 e. The average Bonchev–Trinajstić information content (AvgIpc) is 3.27. The summed E-state index contributed by atoms with van der Waals surface area (Å²) in [7, 11) is 1.50. The first-order chi connectivity index (χ1) is 17.4. The summed E-state index contributed by atoms with van der Waals surface area (Å²) < 4.78 is 10.6. The van der Waals surface area contributed by atoms with E-state index in [1.807, 2.05) is 12.1 Å². The molecule has 0 saturated carbocycles. The number of ether oxygens (including phenoxy) is 2. The zero-order valence-corrected chi connectivity index (χ0v) is 20.2. The minimum Gasteiger partial charge on any atom is -0.481 e. The van der Waals surface area contributed by atoms with E-state index in [0.29, 0.717) is 46.1 Å². The van der Waals surface area contributed by atoms with Crippen molar-refractivity contribution in [3.63, 3.8) is 0 Å². The van der Waals surface area contributed by atoms with Crippen LogP contribution in [0.1, 0.15) is 11.7 Å². The number of rotatable bonds is 8. The standard InChI is InChI=1S/C24H25N5O6S/c1-34-21-5-3-16-22(28-21)15(6-7-26-16)23(32)18(30)10-25-9-14-11-29(24(33)35-14)13-2-4-19-17(8-13)27-20(31)12-36-19/h2-8,14,18,23,25,30,32H,9-12H2,1H3,(H,27,31)/t14?,18-,23-/m1/s1. The number of methoxy groups -OCH3 is 1. The molecule has 188 valence electrons. The maximum atomic E-state index is 12.5. The van der Waals surface area contributed by atoms with Gasteiger partial charge in [-0.1, -0.05) is 0 Å². The fraction of sp³-hybridized carbons (Fsp3) is 0.333. The Kier molecular flexibility index (Phi) is 6.92. The maximum absolute atomic E-state index is 12.5. The second kappa shape index (κ2) is 10.3. The van der Waals surface area contributed by atoms with Gasteiger partial charge in [0.25, 0.3) is 0 Å². The number of pyridine rings is 2. The third-order valence-electron chi connectivity index (χ3n) is 5.99. The first-order valence-corrected chi connectivity index (χ1v) is 12.3. The van der Waals surface area contributed by atoms with Gasteiger partial charge in [0.1, 0.15) is 12.2 Å². The van der Waals surface area contributed by atoms with E-state index < -0.39 is 24.4 Å². The summed E-state index contributed by atoms with van der Waals surface area (Å²) in [6.07, 6.45) is -1.74. The minimum atomic E-state index is -1.21. The van der Waals surface area contributed by atoms with Crippen LogP contribution in [0.15, 0.2) is 47.5 Å². The molecule has 11 nitrogen and oxygen atoms in total. The van der Waals surface area contributed by atoms with Gasteiger partial charge in [0.05, 0.1) is 42.2 Å². The molecule has 12 heteroatoms. The molecule has 1 aromatic carbocycles. The van der Waals surface area contributed by atoms with Gasteiger partial charge in [0.2, 0.25) is 11.8 Å². The number of aromatic nitrogens is 2. The van der Waals surface area contributed by atoms with Crippen LogP contribution in [-0.2, 0) is 9.53 Å². The number of carbonyl (C=O) groups is 2. The molecule has 2 amide bonds. The lowest BCUT2D eigenvalue weighted by Crippen LogP contribution is -2.37. The molecule has 4 heterocycles. The Bertz CT molecular complexity index is 1310. The van der Waals surface area contributed by atoms with E-state index in [1.54, 1.807) is 30.5 Å². The summed E-state index contributed by atoms with van der Waals surface area (Å²) in [6.45, 7) is 0.654. The van der Waals surface area contributed by atoms with E-state index in [0.717, 1.165) is 4.90 Å². The van der Waals surface area contributed by atoms with Gasteiger partial charge in [-0.2, -0.15) is 0 Å². The van der Waals surface area contributed by atoms with E-state index in [2.05, 4.69) is 20.6 Å². The second-order valence-corrected chi connectivity index (χ2v) is 9.44. The quantitative estimate of drug-likeness (QED) is 0.352. The van der Waals surface area contributed by atoms with Crippen LogP contribution in [-0.4, -0.2) is 76.9 Å². The highest BCUT2D eigenvalue weighted by Crippen LogP contribution is 2.35. The molecule has 3 atom stereocenters. The molecule has 4 N–H and O–H groups in total. The zero-order chi connectivity index (χ0) is 25.2. The highest BCUT2D eigenvalue weighted by Gasteiger charge is 2.33. The third kappa shape index (κ3) is 4.93. The maximum Gasteiger partial charge on any atom is 0.414 e. The van der Waals surface area contributed by atoms with Crippen LogP contribution in [0.25, 0.3) is 11.0 Å². The molecular formula is C24H25N5O6S. The fourth-order valence-electron chi connectivity index (χ4n) is 4.17. The van der Waals surface area contributed by atoms with E-state index in [4.69, 9.17) is 9.47 Å². The molecule has 0 aliphatic carbocycles. The van der Waals surface area contributed by atoms with Gasteiger partial charge in [-0.25, -0.2) is 9.78 Å². The number of aliphatic hydroxyl groups excluding tert-OH is 2. The molecule has 36 heavy (non-hydrogen) atoms. The van der Waals surface area contributed by atoms with Gasteiger partial charge in [-0.15, -0.1) is 11.8 Å².